The second-order valence-corrected chi connectivity index (χ2v) is 5.84. The topological polar surface area (TPSA) is 33.5 Å². The van der Waals surface area contributed by atoms with Crippen LogP contribution in [0.3, 0.4) is 0 Å². The van der Waals surface area contributed by atoms with E-state index in [4.69, 9.17) is 4.42 Å². The van der Waals surface area contributed by atoms with Crippen molar-refractivity contribution in [1.29, 1.82) is 0 Å². The first-order valence-electron chi connectivity index (χ1n) is 6.56. The molecule has 0 unspecified atom stereocenters. The van der Waals surface area contributed by atoms with Gasteiger partial charge in [-0.15, -0.1) is 0 Å². The standard InChI is InChI=1S/C16H18BrNO2/c1-12-14(7-9-20-12)11-18(2)8-6-16(19)13-4-3-5-15(17)10-13/h3-5,7,9-10H,6,8,11H2,1-2H3. The first-order valence-corrected chi connectivity index (χ1v) is 7.36. The summed E-state index contributed by atoms with van der Waals surface area (Å²) < 4.78 is 6.21. The Morgan fingerprint density at radius 3 is 2.80 bits per heavy atom. The van der Waals surface area contributed by atoms with Gasteiger partial charge in [0.05, 0.1) is 6.26 Å². The van der Waals surface area contributed by atoms with Gasteiger partial charge in [0.2, 0.25) is 0 Å². The summed E-state index contributed by atoms with van der Waals surface area (Å²) in [4.78, 5) is 14.2. The number of rotatable bonds is 6. The van der Waals surface area contributed by atoms with Gasteiger partial charge in [-0.2, -0.15) is 0 Å². The lowest BCUT2D eigenvalue weighted by Crippen LogP contribution is -2.21. The molecule has 20 heavy (non-hydrogen) atoms. The van der Waals surface area contributed by atoms with E-state index in [0.29, 0.717) is 6.42 Å². The van der Waals surface area contributed by atoms with Crippen molar-refractivity contribution in [3.8, 4) is 0 Å². The van der Waals surface area contributed by atoms with Crippen molar-refractivity contribution in [3.63, 3.8) is 0 Å². The minimum Gasteiger partial charge on any atom is -0.469 e. The maximum atomic E-state index is 12.1. The smallest absolute Gasteiger partial charge is 0.164 e. The molecule has 0 N–H and O–H groups in total. The number of hydrogen-bond donors (Lipinski definition) is 0. The van der Waals surface area contributed by atoms with Crippen molar-refractivity contribution < 1.29 is 9.21 Å². The number of Topliss-reactive ketones (excluding diaryl/α,β-unsaturated/α-hetero) is 1. The van der Waals surface area contributed by atoms with E-state index in [1.807, 2.05) is 44.3 Å². The number of ketones is 1. The summed E-state index contributed by atoms with van der Waals surface area (Å²) in [5.74, 6) is 1.11. The Kier molecular flexibility index (Phi) is 5.15. The molecule has 0 spiro atoms. The van der Waals surface area contributed by atoms with Gasteiger partial charge >= 0.3 is 0 Å². The molecule has 0 atom stereocenters. The second kappa shape index (κ2) is 6.86. The van der Waals surface area contributed by atoms with Gasteiger partial charge in [0.15, 0.2) is 5.78 Å². The van der Waals surface area contributed by atoms with Crippen LogP contribution < -0.4 is 0 Å². The van der Waals surface area contributed by atoms with Crippen LogP contribution in [0.15, 0.2) is 45.5 Å². The highest BCUT2D eigenvalue weighted by Crippen LogP contribution is 2.14. The summed E-state index contributed by atoms with van der Waals surface area (Å²) in [5.41, 5.74) is 1.93. The number of carbonyl (C=O) groups excluding carboxylic acids is 1. The molecular weight excluding hydrogens is 318 g/mol. The number of benzene rings is 1. The molecule has 0 fully saturated rings. The van der Waals surface area contributed by atoms with Crippen molar-refractivity contribution in [2.45, 2.75) is 19.9 Å². The number of furan rings is 1. The van der Waals surface area contributed by atoms with Crippen LogP contribution in [0.1, 0.15) is 28.1 Å². The van der Waals surface area contributed by atoms with Crippen LogP contribution >= 0.6 is 15.9 Å². The maximum Gasteiger partial charge on any atom is 0.164 e. The zero-order valence-electron chi connectivity index (χ0n) is 11.7. The normalized spacial score (nSPS) is 11.0. The molecule has 0 aliphatic heterocycles. The Bertz CT molecular complexity index is 592. The third kappa shape index (κ3) is 4.05. The summed E-state index contributed by atoms with van der Waals surface area (Å²) in [6.45, 7) is 3.49. The molecule has 1 aromatic carbocycles. The minimum absolute atomic E-state index is 0.169. The Morgan fingerprint density at radius 2 is 2.15 bits per heavy atom. The van der Waals surface area contributed by atoms with E-state index in [0.717, 1.165) is 28.9 Å². The molecule has 0 radical (unpaired) electrons. The van der Waals surface area contributed by atoms with E-state index in [2.05, 4.69) is 20.8 Å². The average Bonchev–Trinajstić information content (AvgIpc) is 2.81. The number of halogens is 1. The predicted octanol–water partition coefficient (Wildman–Crippen LogP) is 4.06. The Hall–Kier alpha value is -1.39. The predicted molar refractivity (Wildman–Crippen MR) is 82.9 cm³/mol. The van der Waals surface area contributed by atoms with Gasteiger partial charge in [0, 0.05) is 35.1 Å². The number of hydrogen-bond acceptors (Lipinski definition) is 3. The van der Waals surface area contributed by atoms with Crippen LogP contribution in [-0.4, -0.2) is 24.3 Å². The van der Waals surface area contributed by atoms with Crippen molar-refractivity contribution >= 4 is 21.7 Å². The molecule has 106 valence electrons. The molecule has 0 bridgehead atoms. The fraction of sp³-hybridized carbons (Fsp3) is 0.312. The van der Waals surface area contributed by atoms with Crippen LogP contribution in [0, 0.1) is 6.92 Å². The highest BCUT2D eigenvalue weighted by Gasteiger charge is 2.10. The lowest BCUT2D eigenvalue weighted by atomic mass is 10.1. The molecule has 0 amide bonds. The summed E-state index contributed by atoms with van der Waals surface area (Å²) in [5, 5.41) is 0. The van der Waals surface area contributed by atoms with Crippen molar-refractivity contribution in [3.05, 3.63) is 58.0 Å². The SMILES string of the molecule is Cc1occc1CN(C)CCC(=O)c1cccc(Br)c1. The van der Waals surface area contributed by atoms with Gasteiger partial charge in [-0.05, 0) is 32.2 Å². The molecule has 4 heteroatoms. The summed E-state index contributed by atoms with van der Waals surface area (Å²) >= 11 is 3.39. The molecule has 0 aliphatic carbocycles. The van der Waals surface area contributed by atoms with Gasteiger partial charge < -0.3 is 9.32 Å². The summed E-state index contributed by atoms with van der Waals surface area (Å²) in [6, 6.07) is 9.50. The molecule has 0 saturated heterocycles. The van der Waals surface area contributed by atoms with E-state index < -0.39 is 0 Å². The molecule has 3 nitrogen and oxygen atoms in total. The van der Waals surface area contributed by atoms with Gasteiger partial charge in [-0.1, -0.05) is 28.1 Å². The first-order chi connectivity index (χ1) is 9.56. The number of aryl methyl sites for hydroxylation is 1. The number of nitrogens with zero attached hydrogens (tertiary/aromatic N) is 1. The Labute approximate surface area is 127 Å². The van der Waals surface area contributed by atoms with E-state index in [9.17, 15) is 4.79 Å². The second-order valence-electron chi connectivity index (χ2n) is 4.92. The monoisotopic (exact) mass is 335 g/mol. The van der Waals surface area contributed by atoms with Crippen molar-refractivity contribution in [2.24, 2.45) is 0 Å². The van der Waals surface area contributed by atoms with Gasteiger partial charge in [-0.25, -0.2) is 0 Å². The highest BCUT2D eigenvalue weighted by molar-refractivity contribution is 9.10. The third-order valence-corrected chi connectivity index (χ3v) is 3.77. The molecule has 1 aromatic heterocycles. The molecule has 0 aliphatic rings. The maximum absolute atomic E-state index is 12.1. The van der Waals surface area contributed by atoms with Crippen LogP contribution in [0.4, 0.5) is 0 Å². The Balaban J connectivity index is 1.86. The van der Waals surface area contributed by atoms with Crippen LogP contribution in [0.2, 0.25) is 0 Å². The van der Waals surface area contributed by atoms with E-state index in [-0.39, 0.29) is 5.78 Å². The van der Waals surface area contributed by atoms with Crippen molar-refractivity contribution in [2.75, 3.05) is 13.6 Å². The molecule has 0 saturated carbocycles. The van der Waals surface area contributed by atoms with Gasteiger partial charge in [-0.3, -0.25) is 4.79 Å². The fourth-order valence-corrected chi connectivity index (χ4v) is 2.44. The van der Waals surface area contributed by atoms with Gasteiger partial charge in [0.1, 0.15) is 5.76 Å². The average molecular weight is 336 g/mol. The van der Waals surface area contributed by atoms with Crippen LogP contribution in [0.25, 0.3) is 0 Å². The van der Waals surface area contributed by atoms with Gasteiger partial charge in [0.25, 0.3) is 0 Å². The van der Waals surface area contributed by atoms with E-state index in [1.54, 1.807) is 6.26 Å². The molecule has 2 rings (SSSR count). The fourth-order valence-electron chi connectivity index (χ4n) is 2.04. The first kappa shape index (κ1) is 15.0. The summed E-state index contributed by atoms with van der Waals surface area (Å²) in [7, 11) is 2.01. The third-order valence-electron chi connectivity index (χ3n) is 3.27. The lowest BCUT2D eigenvalue weighted by Gasteiger charge is -2.15. The quantitative estimate of drug-likeness (QED) is 0.746. The highest BCUT2D eigenvalue weighted by atomic mass is 79.9. The largest absolute Gasteiger partial charge is 0.469 e. The van der Waals surface area contributed by atoms with Crippen molar-refractivity contribution in [1.82, 2.24) is 4.90 Å². The molecular formula is C16H18BrNO2. The summed E-state index contributed by atoms with van der Waals surface area (Å²) in [6.07, 6.45) is 2.22. The molecule has 2 aromatic rings. The van der Waals surface area contributed by atoms with E-state index in [1.165, 1.54) is 5.56 Å². The zero-order valence-corrected chi connectivity index (χ0v) is 13.3. The minimum atomic E-state index is 0.169. The van der Waals surface area contributed by atoms with Crippen LogP contribution in [0.5, 0.6) is 0 Å². The molecule has 1 heterocycles. The number of carbonyl (C=O) groups is 1. The zero-order chi connectivity index (χ0) is 14.5. The lowest BCUT2D eigenvalue weighted by molar-refractivity contribution is 0.0968. The Morgan fingerprint density at radius 1 is 1.35 bits per heavy atom. The van der Waals surface area contributed by atoms with E-state index >= 15 is 0 Å². The van der Waals surface area contributed by atoms with Crippen LogP contribution in [-0.2, 0) is 6.54 Å².